The number of aryl methyl sites for hydroxylation is 1. The van der Waals surface area contributed by atoms with Crippen LogP contribution < -0.4 is 4.57 Å². The summed E-state index contributed by atoms with van der Waals surface area (Å²) in [6, 6.07) is 18.2. The highest BCUT2D eigenvalue weighted by molar-refractivity contribution is 7.84. The van der Waals surface area contributed by atoms with Crippen molar-refractivity contribution in [3.63, 3.8) is 0 Å². The molecule has 0 bridgehead atoms. The van der Waals surface area contributed by atoms with Crippen molar-refractivity contribution in [3.8, 4) is 11.1 Å². The van der Waals surface area contributed by atoms with E-state index >= 15 is 0 Å². The first-order valence-corrected chi connectivity index (χ1v) is 12.1. The van der Waals surface area contributed by atoms with Gasteiger partial charge in [0.2, 0.25) is 17.8 Å². The predicted octanol–water partition coefficient (Wildman–Crippen LogP) is 3.63. The highest BCUT2D eigenvalue weighted by Gasteiger charge is 2.24. The molecule has 0 radical (unpaired) electrons. The maximum Gasteiger partial charge on any atom is 0.227 e. The van der Waals surface area contributed by atoms with Crippen molar-refractivity contribution in [2.24, 2.45) is 0 Å². The first-order valence-electron chi connectivity index (χ1n) is 9.39. The number of carbonyl (C=O) groups excluding carboxylic acids is 1. The third-order valence-electron chi connectivity index (χ3n) is 4.69. The van der Waals surface area contributed by atoms with Gasteiger partial charge in [-0.3, -0.25) is 4.79 Å². The van der Waals surface area contributed by atoms with E-state index < -0.39 is 10.1 Å². The predicted molar refractivity (Wildman–Crippen MR) is 113 cm³/mol. The molecule has 0 amide bonds. The summed E-state index contributed by atoms with van der Waals surface area (Å²) in [6.45, 7) is 0.455. The molecule has 0 fully saturated rings. The van der Waals surface area contributed by atoms with Gasteiger partial charge < -0.3 is 4.55 Å². The van der Waals surface area contributed by atoms with Crippen LogP contribution in [0.4, 0.5) is 0 Å². The second kappa shape index (κ2) is 9.43. The molecule has 4 rings (SSSR count). The minimum atomic E-state index is -3.92. The number of Topliss-reactive ketones (excluding diaryl/α,β-unsaturated/α-hetero) is 1. The van der Waals surface area contributed by atoms with Crippen LogP contribution in [0.3, 0.4) is 0 Å². The van der Waals surface area contributed by atoms with E-state index in [0.717, 1.165) is 17.5 Å². The van der Waals surface area contributed by atoms with Crippen LogP contribution in [0.2, 0.25) is 0 Å². The Morgan fingerprint density at radius 2 is 1.59 bits per heavy atom. The van der Waals surface area contributed by atoms with Crippen molar-refractivity contribution in [2.45, 2.75) is 32.2 Å². The average molecular weight is 430 g/mol. The Balaban J connectivity index is 0.000000431. The SMILES string of the molecule is CS(=O)(=O)[O-].O=C(C[n+]1csc2c1CCCC2)c1ccc(-c2ccccc2)cc1. The van der Waals surface area contributed by atoms with Crippen molar-refractivity contribution in [3.05, 3.63) is 76.2 Å². The Labute approximate surface area is 175 Å². The van der Waals surface area contributed by atoms with E-state index in [4.69, 9.17) is 13.0 Å². The van der Waals surface area contributed by atoms with E-state index in [9.17, 15) is 4.79 Å². The van der Waals surface area contributed by atoms with E-state index in [1.165, 1.54) is 35.4 Å². The largest absolute Gasteiger partial charge is 0.748 e. The van der Waals surface area contributed by atoms with Crippen LogP contribution in [0.5, 0.6) is 0 Å². The standard InChI is InChI=1S/C21H20NOS.CH4O3S/c23-20(14-22-15-24-21-9-5-4-8-19(21)22)18-12-10-17(11-13-18)16-6-2-1-3-7-16;1-5(2,3)4/h1-3,6-7,10-13,15H,4-5,8-9,14H2;1H3,(H,2,3,4)/q+1;/p-1. The van der Waals surface area contributed by atoms with Crippen LogP contribution in [0, 0.1) is 0 Å². The van der Waals surface area contributed by atoms with Crippen LogP contribution in [0.1, 0.15) is 33.8 Å². The Morgan fingerprint density at radius 3 is 2.24 bits per heavy atom. The number of nitrogens with zero attached hydrogens (tertiary/aromatic N) is 1. The number of ketones is 1. The summed E-state index contributed by atoms with van der Waals surface area (Å²) in [7, 11) is -3.92. The summed E-state index contributed by atoms with van der Waals surface area (Å²) in [5.74, 6) is 0.186. The lowest BCUT2D eigenvalue weighted by Crippen LogP contribution is -2.40. The van der Waals surface area contributed by atoms with Crippen LogP contribution in [-0.2, 0) is 29.5 Å². The number of hydrogen-bond donors (Lipinski definition) is 0. The molecule has 1 aliphatic carbocycles. The smallest absolute Gasteiger partial charge is 0.227 e. The van der Waals surface area contributed by atoms with Crippen molar-refractivity contribution in [1.29, 1.82) is 0 Å². The summed E-state index contributed by atoms with van der Waals surface area (Å²) in [6.07, 6.45) is 5.41. The molecule has 3 aromatic rings. The van der Waals surface area contributed by atoms with E-state index in [-0.39, 0.29) is 5.78 Å². The zero-order valence-corrected chi connectivity index (χ0v) is 17.8. The molecule has 0 unspecified atom stereocenters. The minimum Gasteiger partial charge on any atom is -0.748 e. The number of rotatable bonds is 4. The van der Waals surface area contributed by atoms with Crippen molar-refractivity contribution in [2.75, 3.05) is 6.26 Å². The van der Waals surface area contributed by atoms with E-state index in [1.807, 2.05) is 42.5 Å². The van der Waals surface area contributed by atoms with Gasteiger partial charge in [-0.1, -0.05) is 65.9 Å². The van der Waals surface area contributed by atoms with Crippen LogP contribution in [-0.4, -0.2) is 25.0 Å². The van der Waals surface area contributed by atoms with Gasteiger partial charge in [0.25, 0.3) is 0 Å². The summed E-state index contributed by atoms with van der Waals surface area (Å²) >= 11 is 1.80. The number of carbonyl (C=O) groups is 1. The zero-order chi connectivity index (χ0) is 20.9. The van der Waals surface area contributed by atoms with E-state index in [2.05, 4.69) is 22.2 Å². The molecule has 5 nitrogen and oxygen atoms in total. The fourth-order valence-electron chi connectivity index (χ4n) is 3.34. The second-order valence-electron chi connectivity index (χ2n) is 7.00. The highest BCUT2D eigenvalue weighted by Crippen LogP contribution is 2.23. The maximum atomic E-state index is 12.6. The molecule has 0 saturated carbocycles. The lowest BCUT2D eigenvalue weighted by molar-refractivity contribution is -0.686. The van der Waals surface area contributed by atoms with Crippen LogP contribution in [0.15, 0.2) is 60.1 Å². The van der Waals surface area contributed by atoms with Gasteiger partial charge in [-0.2, -0.15) is 4.57 Å². The fourth-order valence-corrected chi connectivity index (χ4v) is 4.41. The van der Waals surface area contributed by atoms with Crippen molar-refractivity contribution in [1.82, 2.24) is 0 Å². The first kappa shape index (κ1) is 21.4. The van der Waals surface area contributed by atoms with Gasteiger partial charge in [0, 0.05) is 18.2 Å². The maximum absolute atomic E-state index is 12.6. The number of aromatic nitrogens is 1. The Morgan fingerprint density at radius 1 is 1.00 bits per heavy atom. The summed E-state index contributed by atoms with van der Waals surface area (Å²) in [5, 5.41) is 0. The zero-order valence-electron chi connectivity index (χ0n) is 16.2. The molecule has 29 heavy (non-hydrogen) atoms. The number of fused-ring (bicyclic) bond motifs is 1. The van der Waals surface area contributed by atoms with Gasteiger partial charge in [0.1, 0.15) is 0 Å². The minimum absolute atomic E-state index is 0.186. The molecule has 1 aliphatic rings. The van der Waals surface area contributed by atoms with Crippen LogP contribution >= 0.6 is 11.3 Å². The lowest BCUT2D eigenvalue weighted by Gasteiger charge is -2.07. The molecule has 0 aliphatic heterocycles. The fraction of sp³-hybridized carbons (Fsp3) is 0.273. The molecule has 152 valence electrons. The molecular weight excluding hydrogens is 406 g/mol. The van der Waals surface area contributed by atoms with Gasteiger partial charge in [-0.25, -0.2) is 8.42 Å². The summed E-state index contributed by atoms with van der Waals surface area (Å²) < 4.78 is 29.4. The number of hydrogen-bond acceptors (Lipinski definition) is 5. The van der Waals surface area contributed by atoms with Crippen LogP contribution in [0.25, 0.3) is 11.1 Å². The van der Waals surface area contributed by atoms with Gasteiger partial charge in [-0.15, -0.1) is 0 Å². The lowest BCUT2D eigenvalue weighted by atomic mass is 10.0. The molecule has 0 atom stereocenters. The molecule has 1 heterocycles. The molecule has 7 heteroatoms. The van der Waals surface area contributed by atoms with Gasteiger partial charge >= 0.3 is 0 Å². The molecule has 0 saturated heterocycles. The molecule has 0 spiro atoms. The Hall–Kier alpha value is -2.35. The molecule has 2 aromatic carbocycles. The summed E-state index contributed by atoms with van der Waals surface area (Å²) in [5.41, 5.74) is 6.61. The normalized spacial score (nSPS) is 13.2. The van der Waals surface area contributed by atoms with E-state index in [0.29, 0.717) is 12.8 Å². The van der Waals surface area contributed by atoms with Gasteiger partial charge in [0.15, 0.2) is 5.69 Å². The highest BCUT2D eigenvalue weighted by atomic mass is 32.2. The Bertz CT molecular complexity index is 1060. The third-order valence-corrected chi connectivity index (χ3v) is 5.77. The molecule has 0 N–H and O–H groups in total. The number of thiazole rings is 1. The average Bonchev–Trinajstić information content (AvgIpc) is 3.10. The second-order valence-corrected chi connectivity index (χ2v) is 9.35. The van der Waals surface area contributed by atoms with E-state index in [1.54, 1.807) is 11.3 Å². The molecular formula is C22H23NO4S2. The third kappa shape index (κ3) is 6.32. The number of benzene rings is 2. The quantitative estimate of drug-likeness (QED) is 0.360. The summed E-state index contributed by atoms with van der Waals surface area (Å²) in [4.78, 5) is 14.1. The molecule has 1 aromatic heterocycles. The monoisotopic (exact) mass is 429 g/mol. The van der Waals surface area contributed by atoms with Gasteiger partial charge in [0.05, 0.1) is 15.0 Å². The first-order chi connectivity index (χ1) is 13.8. The van der Waals surface area contributed by atoms with Crippen molar-refractivity contribution >= 4 is 27.2 Å². The Kier molecular flexibility index (Phi) is 6.95. The van der Waals surface area contributed by atoms with Crippen molar-refractivity contribution < 1.29 is 22.3 Å². The topological polar surface area (TPSA) is 78.2 Å². The van der Waals surface area contributed by atoms with Gasteiger partial charge in [-0.05, 0) is 30.4 Å².